The number of hydrogen-bond acceptors (Lipinski definition) is 3. The molecule has 94 valence electrons. The Labute approximate surface area is 98.3 Å². The predicted octanol–water partition coefficient (Wildman–Crippen LogP) is 1.01. The quantitative estimate of drug-likeness (QED) is 0.767. The molecule has 0 saturated carbocycles. The molecule has 1 amide bonds. The van der Waals surface area contributed by atoms with Gasteiger partial charge < -0.3 is 15.0 Å². The Kier molecular flexibility index (Phi) is 4.33. The molecule has 16 heavy (non-hydrogen) atoms. The first-order valence-corrected chi connectivity index (χ1v) is 5.96. The highest BCUT2D eigenvalue weighted by Crippen LogP contribution is 2.10. The normalized spacial score (nSPS) is 26.9. The number of carbonyl (C=O) groups excluding carboxylic acids is 1. The van der Waals surface area contributed by atoms with Crippen molar-refractivity contribution in [3.05, 3.63) is 0 Å². The number of amides is 1. The van der Waals surface area contributed by atoms with E-state index >= 15 is 0 Å². The van der Waals surface area contributed by atoms with Crippen LogP contribution in [0.1, 0.15) is 34.6 Å². The van der Waals surface area contributed by atoms with Crippen LogP contribution in [0.2, 0.25) is 0 Å². The molecule has 0 radical (unpaired) electrons. The molecule has 0 aromatic heterocycles. The van der Waals surface area contributed by atoms with Gasteiger partial charge in [0.1, 0.15) is 6.61 Å². The molecule has 4 nitrogen and oxygen atoms in total. The molecule has 1 saturated heterocycles. The van der Waals surface area contributed by atoms with Gasteiger partial charge in [0.15, 0.2) is 0 Å². The van der Waals surface area contributed by atoms with Crippen LogP contribution in [0.15, 0.2) is 0 Å². The van der Waals surface area contributed by atoms with Crippen molar-refractivity contribution in [2.24, 2.45) is 0 Å². The van der Waals surface area contributed by atoms with E-state index in [1.165, 1.54) is 0 Å². The first-order chi connectivity index (χ1) is 7.29. The van der Waals surface area contributed by atoms with Crippen LogP contribution >= 0.6 is 0 Å². The van der Waals surface area contributed by atoms with Gasteiger partial charge in [0.25, 0.3) is 0 Å². The van der Waals surface area contributed by atoms with Crippen molar-refractivity contribution in [2.45, 2.75) is 52.3 Å². The summed E-state index contributed by atoms with van der Waals surface area (Å²) < 4.78 is 5.52. The van der Waals surface area contributed by atoms with E-state index in [4.69, 9.17) is 4.74 Å². The summed E-state index contributed by atoms with van der Waals surface area (Å²) in [6.07, 6.45) is 0. The van der Waals surface area contributed by atoms with Crippen LogP contribution < -0.4 is 5.32 Å². The van der Waals surface area contributed by atoms with Crippen LogP contribution in [0.25, 0.3) is 0 Å². The van der Waals surface area contributed by atoms with Gasteiger partial charge in [-0.25, -0.2) is 0 Å². The summed E-state index contributed by atoms with van der Waals surface area (Å²) >= 11 is 0. The van der Waals surface area contributed by atoms with E-state index in [0.29, 0.717) is 6.04 Å². The van der Waals surface area contributed by atoms with E-state index in [-0.39, 0.29) is 24.2 Å². The van der Waals surface area contributed by atoms with Gasteiger partial charge in [-0.3, -0.25) is 4.79 Å². The molecule has 1 aliphatic rings. The lowest BCUT2D eigenvalue weighted by molar-refractivity contribution is -0.144. The zero-order valence-corrected chi connectivity index (χ0v) is 11.0. The van der Waals surface area contributed by atoms with Gasteiger partial charge in [-0.15, -0.1) is 0 Å². The van der Waals surface area contributed by atoms with Crippen LogP contribution in [0.3, 0.4) is 0 Å². The molecular formula is C12H24N2O2. The summed E-state index contributed by atoms with van der Waals surface area (Å²) in [6.45, 7) is 11.9. The molecule has 4 heteroatoms. The summed E-state index contributed by atoms with van der Waals surface area (Å²) in [5.41, 5.74) is -0.251. The van der Waals surface area contributed by atoms with Gasteiger partial charge in [0.2, 0.25) is 5.91 Å². The van der Waals surface area contributed by atoms with Crippen LogP contribution in [-0.4, -0.2) is 48.2 Å². The van der Waals surface area contributed by atoms with Gasteiger partial charge >= 0.3 is 0 Å². The van der Waals surface area contributed by atoms with Crippen LogP contribution in [0.5, 0.6) is 0 Å². The Hall–Kier alpha value is -0.610. The standard InChI is InChI=1S/C12H24N2O2/c1-9-7-14(10(2)6-13-9)11(15)8-16-12(3,4)5/h9-10,13H,6-8H2,1-5H3. The van der Waals surface area contributed by atoms with E-state index < -0.39 is 0 Å². The third kappa shape index (κ3) is 4.10. The molecule has 1 N–H and O–H groups in total. The smallest absolute Gasteiger partial charge is 0.248 e. The number of nitrogens with one attached hydrogen (secondary N) is 1. The lowest BCUT2D eigenvalue weighted by Crippen LogP contribution is -2.57. The molecule has 1 rings (SSSR count). The van der Waals surface area contributed by atoms with Crippen molar-refractivity contribution in [1.29, 1.82) is 0 Å². The maximum atomic E-state index is 12.0. The minimum Gasteiger partial charge on any atom is -0.366 e. The number of carbonyl (C=O) groups is 1. The van der Waals surface area contributed by atoms with E-state index in [1.54, 1.807) is 0 Å². The van der Waals surface area contributed by atoms with Gasteiger partial charge in [-0.2, -0.15) is 0 Å². The largest absolute Gasteiger partial charge is 0.366 e. The summed E-state index contributed by atoms with van der Waals surface area (Å²) in [5, 5.41) is 3.35. The molecular weight excluding hydrogens is 204 g/mol. The fraction of sp³-hybridized carbons (Fsp3) is 0.917. The average molecular weight is 228 g/mol. The fourth-order valence-corrected chi connectivity index (χ4v) is 1.73. The van der Waals surface area contributed by atoms with Gasteiger partial charge in [0, 0.05) is 25.2 Å². The van der Waals surface area contributed by atoms with Crippen LogP contribution in [0, 0.1) is 0 Å². The highest BCUT2D eigenvalue weighted by atomic mass is 16.5. The lowest BCUT2D eigenvalue weighted by Gasteiger charge is -2.38. The second-order valence-corrected chi connectivity index (χ2v) is 5.61. The lowest BCUT2D eigenvalue weighted by atomic mass is 10.1. The Morgan fingerprint density at radius 3 is 2.62 bits per heavy atom. The van der Waals surface area contributed by atoms with Crippen LogP contribution in [0.4, 0.5) is 0 Å². The fourth-order valence-electron chi connectivity index (χ4n) is 1.73. The SMILES string of the molecule is CC1CN(C(=O)COC(C)(C)C)C(C)CN1. The van der Waals surface area contributed by atoms with E-state index in [2.05, 4.69) is 19.2 Å². The molecule has 1 aliphatic heterocycles. The zero-order chi connectivity index (χ0) is 12.3. The number of rotatable bonds is 2. The second kappa shape index (κ2) is 5.15. The Morgan fingerprint density at radius 2 is 2.06 bits per heavy atom. The van der Waals surface area contributed by atoms with Gasteiger partial charge in [0.05, 0.1) is 5.60 Å². The van der Waals surface area contributed by atoms with Crippen molar-refractivity contribution in [2.75, 3.05) is 19.7 Å². The first-order valence-electron chi connectivity index (χ1n) is 5.96. The summed E-state index contributed by atoms with van der Waals surface area (Å²) in [6, 6.07) is 0.627. The van der Waals surface area contributed by atoms with Crippen molar-refractivity contribution in [1.82, 2.24) is 10.2 Å². The highest BCUT2D eigenvalue weighted by Gasteiger charge is 2.27. The molecule has 2 unspecified atom stereocenters. The molecule has 2 atom stereocenters. The summed E-state index contributed by atoms with van der Waals surface area (Å²) in [5.74, 6) is 0.0933. The number of ether oxygens (including phenoxy) is 1. The molecule has 0 aromatic carbocycles. The number of hydrogen-bond donors (Lipinski definition) is 1. The Balaban J connectivity index is 2.46. The average Bonchev–Trinajstić information content (AvgIpc) is 2.17. The Bertz CT molecular complexity index is 248. The third-order valence-electron chi connectivity index (χ3n) is 2.71. The third-order valence-corrected chi connectivity index (χ3v) is 2.71. The topological polar surface area (TPSA) is 41.6 Å². The van der Waals surface area contributed by atoms with Gasteiger partial charge in [-0.05, 0) is 34.6 Å². The zero-order valence-electron chi connectivity index (χ0n) is 11.0. The van der Waals surface area contributed by atoms with Crippen LogP contribution in [-0.2, 0) is 9.53 Å². The van der Waals surface area contributed by atoms with Crippen molar-refractivity contribution in [3.63, 3.8) is 0 Å². The number of nitrogens with zero attached hydrogens (tertiary/aromatic N) is 1. The second-order valence-electron chi connectivity index (χ2n) is 5.61. The van der Waals surface area contributed by atoms with Crippen molar-refractivity contribution >= 4 is 5.91 Å². The van der Waals surface area contributed by atoms with Crippen molar-refractivity contribution < 1.29 is 9.53 Å². The minimum absolute atomic E-state index is 0.0933. The van der Waals surface area contributed by atoms with E-state index in [1.807, 2.05) is 25.7 Å². The molecule has 0 spiro atoms. The molecule has 0 bridgehead atoms. The minimum atomic E-state index is -0.251. The van der Waals surface area contributed by atoms with E-state index in [0.717, 1.165) is 13.1 Å². The molecule has 1 fully saturated rings. The monoisotopic (exact) mass is 228 g/mol. The predicted molar refractivity (Wildman–Crippen MR) is 64.3 cm³/mol. The molecule has 1 heterocycles. The number of piperazine rings is 1. The summed E-state index contributed by atoms with van der Waals surface area (Å²) in [4.78, 5) is 13.9. The van der Waals surface area contributed by atoms with Gasteiger partial charge in [-0.1, -0.05) is 0 Å². The molecule has 0 aliphatic carbocycles. The van der Waals surface area contributed by atoms with E-state index in [9.17, 15) is 4.79 Å². The Morgan fingerprint density at radius 1 is 1.44 bits per heavy atom. The summed E-state index contributed by atoms with van der Waals surface area (Å²) in [7, 11) is 0. The molecule has 0 aromatic rings. The highest BCUT2D eigenvalue weighted by molar-refractivity contribution is 5.78. The maximum absolute atomic E-state index is 12.0. The maximum Gasteiger partial charge on any atom is 0.248 e. The van der Waals surface area contributed by atoms with Crippen molar-refractivity contribution in [3.8, 4) is 0 Å². The first kappa shape index (κ1) is 13.5.